The van der Waals surface area contributed by atoms with Crippen LogP contribution in [0.3, 0.4) is 0 Å². The highest BCUT2D eigenvalue weighted by atomic mass is 32.2. The number of benzene rings is 1. The number of aliphatic hydroxyl groups excluding tert-OH is 1. The van der Waals surface area contributed by atoms with Crippen molar-refractivity contribution >= 4 is 10.0 Å². The first-order chi connectivity index (χ1) is 8.54. The average Bonchev–Trinajstić information content (AvgIpc) is 2.39. The fourth-order valence-corrected chi connectivity index (χ4v) is 3.51. The predicted octanol–water partition coefficient (Wildman–Crippen LogP) is 0.704. The van der Waals surface area contributed by atoms with Gasteiger partial charge in [0.05, 0.1) is 22.6 Å². The Bertz CT molecular complexity index is 560. The molecule has 1 aromatic rings. The van der Waals surface area contributed by atoms with E-state index in [4.69, 9.17) is 5.26 Å². The van der Waals surface area contributed by atoms with Crippen LogP contribution in [0.25, 0.3) is 0 Å². The van der Waals surface area contributed by atoms with E-state index in [2.05, 4.69) is 0 Å². The lowest BCUT2D eigenvalue weighted by Crippen LogP contribution is -2.42. The topological polar surface area (TPSA) is 81.4 Å². The van der Waals surface area contributed by atoms with Gasteiger partial charge < -0.3 is 5.11 Å². The van der Waals surface area contributed by atoms with Crippen molar-refractivity contribution in [3.8, 4) is 6.07 Å². The molecule has 6 heteroatoms. The molecule has 1 saturated heterocycles. The summed E-state index contributed by atoms with van der Waals surface area (Å²) in [7, 11) is -3.56. The summed E-state index contributed by atoms with van der Waals surface area (Å²) in [4.78, 5) is 0.163. The number of aliphatic hydroxyl groups is 1. The van der Waals surface area contributed by atoms with Gasteiger partial charge in [0.2, 0.25) is 10.0 Å². The zero-order chi connectivity index (χ0) is 13.2. The molecule has 0 unspecified atom stereocenters. The molecular formula is C12H14N2O3S. The van der Waals surface area contributed by atoms with E-state index in [0.29, 0.717) is 24.9 Å². The molecule has 0 bridgehead atoms. The maximum Gasteiger partial charge on any atom is 0.243 e. The van der Waals surface area contributed by atoms with Crippen LogP contribution in [0.4, 0.5) is 0 Å². The highest BCUT2D eigenvalue weighted by Crippen LogP contribution is 2.20. The Balaban J connectivity index is 2.27. The van der Waals surface area contributed by atoms with E-state index in [1.165, 1.54) is 28.6 Å². The molecule has 1 aliphatic heterocycles. The van der Waals surface area contributed by atoms with Crippen molar-refractivity contribution in [2.45, 2.75) is 23.8 Å². The third kappa shape index (κ3) is 2.53. The Labute approximate surface area is 106 Å². The largest absolute Gasteiger partial charge is 0.392 e. The average molecular weight is 266 g/mol. The van der Waals surface area contributed by atoms with Crippen LogP contribution >= 0.6 is 0 Å². The minimum atomic E-state index is -3.56. The summed E-state index contributed by atoms with van der Waals surface area (Å²) in [6.45, 7) is 0.571. The molecule has 0 radical (unpaired) electrons. The second-order valence-corrected chi connectivity index (χ2v) is 6.23. The maximum atomic E-state index is 12.3. The molecule has 0 amide bonds. The second-order valence-electron chi connectivity index (χ2n) is 4.30. The standard InChI is InChI=1S/C12H14N2O3S/c13-8-10-3-5-12(6-4-10)18(16,17)14-7-1-2-11(15)9-14/h3-6,11,15H,1-2,7,9H2/t11-/m0/s1. The van der Waals surface area contributed by atoms with Gasteiger partial charge in [-0.3, -0.25) is 0 Å². The van der Waals surface area contributed by atoms with Gasteiger partial charge in [-0.25, -0.2) is 8.42 Å². The van der Waals surface area contributed by atoms with Crippen molar-refractivity contribution in [2.75, 3.05) is 13.1 Å². The molecule has 0 aromatic heterocycles. The van der Waals surface area contributed by atoms with Crippen LogP contribution in [0.1, 0.15) is 18.4 Å². The third-order valence-electron chi connectivity index (χ3n) is 2.98. The summed E-state index contributed by atoms with van der Waals surface area (Å²) in [6, 6.07) is 7.75. The van der Waals surface area contributed by atoms with Gasteiger partial charge in [-0.1, -0.05) is 0 Å². The molecule has 0 spiro atoms. The number of sulfonamides is 1. The van der Waals surface area contributed by atoms with Crippen LogP contribution in [-0.4, -0.2) is 37.0 Å². The molecular weight excluding hydrogens is 252 g/mol. The van der Waals surface area contributed by atoms with Gasteiger partial charge in [0.1, 0.15) is 0 Å². The molecule has 1 aromatic carbocycles. The number of nitrogens with zero attached hydrogens (tertiary/aromatic N) is 2. The molecule has 0 saturated carbocycles. The molecule has 1 N–H and O–H groups in total. The van der Waals surface area contributed by atoms with E-state index >= 15 is 0 Å². The quantitative estimate of drug-likeness (QED) is 0.854. The normalized spacial score (nSPS) is 21.4. The Morgan fingerprint density at radius 1 is 1.33 bits per heavy atom. The molecule has 2 rings (SSSR count). The second kappa shape index (κ2) is 5.06. The Morgan fingerprint density at radius 2 is 2.00 bits per heavy atom. The Morgan fingerprint density at radius 3 is 2.56 bits per heavy atom. The fourth-order valence-electron chi connectivity index (χ4n) is 1.99. The fraction of sp³-hybridized carbons (Fsp3) is 0.417. The van der Waals surface area contributed by atoms with Crippen molar-refractivity contribution in [3.63, 3.8) is 0 Å². The third-order valence-corrected chi connectivity index (χ3v) is 4.86. The molecule has 1 fully saturated rings. The van der Waals surface area contributed by atoms with E-state index in [1.807, 2.05) is 6.07 Å². The zero-order valence-electron chi connectivity index (χ0n) is 9.78. The van der Waals surface area contributed by atoms with Crippen molar-refractivity contribution in [3.05, 3.63) is 29.8 Å². The molecule has 96 valence electrons. The van der Waals surface area contributed by atoms with Gasteiger partial charge in [0.15, 0.2) is 0 Å². The summed E-state index contributed by atoms with van der Waals surface area (Å²) in [5, 5.41) is 18.2. The molecule has 1 aliphatic rings. The molecule has 1 heterocycles. The van der Waals surface area contributed by atoms with Crippen molar-refractivity contribution in [2.24, 2.45) is 0 Å². The van der Waals surface area contributed by atoms with Crippen LogP contribution in [0.15, 0.2) is 29.2 Å². The van der Waals surface area contributed by atoms with Crippen LogP contribution < -0.4 is 0 Å². The summed E-state index contributed by atoms with van der Waals surface area (Å²) in [6.07, 6.45) is 0.711. The molecule has 1 atom stereocenters. The lowest BCUT2D eigenvalue weighted by molar-refractivity contribution is 0.108. The number of rotatable bonds is 2. The number of β-amino-alcohol motifs (C(OH)–C–C–N with tert-alkyl or cyclic N) is 1. The summed E-state index contributed by atoms with van der Waals surface area (Å²) in [5.41, 5.74) is 0.424. The van der Waals surface area contributed by atoms with E-state index in [0.717, 1.165) is 0 Å². The highest BCUT2D eigenvalue weighted by molar-refractivity contribution is 7.89. The number of piperidine rings is 1. The molecule has 5 nitrogen and oxygen atoms in total. The van der Waals surface area contributed by atoms with Crippen LogP contribution in [0.2, 0.25) is 0 Å². The monoisotopic (exact) mass is 266 g/mol. The van der Waals surface area contributed by atoms with Crippen molar-refractivity contribution < 1.29 is 13.5 Å². The van der Waals surface area contributed by atoms with E-state index < -0.39 is 16.1 Å². The minimum absolute atomic E-state index is 0.141. The summed E-state index contributed by atoms with van der Waals surface area (Å²) in [5.74, 6) is 0. The van der Waals surface area contributed by atoms with Gasteiger partial charge in [0.25, 0.3) is 0 Å². The van der Waals surface area contributed by atoms with Gasteiger partial charge in [-0.05, 0) is 37.1 Å². The first-order valence-corrected chi connectivity index (χ1v) is 7.16. The van der Waals surface area contributed by atoms with E-state index in [1.54, 1.807) is 0 Å². The van der Waals surface area contributed by atoms with Crippen LogP contribution in [0, 0.1) is 11.3 Å². The predicted molar refractivity (Wildman–Crippen MR) is 65.2 cm³/mol. The summed E-state index contributed by atoms with van der Waals surface area (Å²) < 4.78 is 25.8. The maximum absolute atomic E-state index is 12.3. The zero-order valence-corrected chi connectivity index (χ0v) is 10.6. The first-order valence-electron chi connectivity index (χ1n) is 5.72. The SMILES string of the molecule is N#Cc1ccc(S(=O)(=O)N2CCC[C@H](O)C2)cc1. The molecule has 0 aliphatic carbocycles. The van der Waals surface area contributed by atoms with Gasteiger partial charge in [-0.2, -0.15) is 9.57 Å². The van der Waals surface area contributed by atoms with Gasteiger partial charge in [-0.15, -0.1) is 0 Å². The summed E-state index contributed by atoms with van der Waals surface area (Å²) >= 11 is 0. The van der Waals surface area contributed by atoms with Crippen molar-refractivity contribution in [1.29, 1.82) is 5.26 Å². The van der Waals surface area contributed by atoms with E-state index in [-0.39, 0.29) is 11.4 Å². The van der Waals surface area contributed by atoms with Crippen molar-refractivity contribution in [1.82, 2.24) is 4.31 Å². The smallest absolute Gasteiger partial charge is 0.243 e. The highest BCUT2D eigenvalue weighted by Gasteiger charge is 2.29. The minimum Gasteiger partial charge on any atom is -0.392 e. The van der Waals surface area contributed by atoms with Gasteiger partial charge >= 0.3 is 0 Å². The molecule has 18 heavy (non-hydrogen) atoms. The first kappa shape index (κ1) is 13.0. The van der Waals surface area contributed by atoms with E-state index in [9.17, 15) is 13.5 Å². The number of nitriles is 1. The lowest BCUT2D eigenvalue weighted by atomic mass is 10.1. The van der Waals surface area contributed by atoms with Crippen LogP contribution in [-0.2, 0) is 10.0 Å². The van der Waals surface area contributed by atoms with Crippen LogP contribution in [0.5, 0.6) is 0 Å². The van der Waals surface area contributed by atoms with Gasteiger partial charge in [0, 0.05) is 13.1 Å². The lowest BCUT2D eigenvalue weighted by Gasteiger charge is -2.29. The Hall–Kier alpha value is -1.42. The number of hydrogen-bond acceptors (Lipinski definition) is 4. The number of hydrogen-bond donors (Lipinski definition) is 1. The Kier molecular flexibility index (Phi) is 3.66.